The summed E-state index contributed by atoms with van der Waals surface area (Å²) < 4.78 is 29.7. The van der Waals surface area contributed by atoms with E-state index in [1.165, 1.54) is 41.0 Å². The van der Waals surface area contributed by atoms with E-state index < -0.39 is 23.9 Å². The summed E-state index contributed by atoms with van der Waals surface area (Å²) in [6, 6.07) is 5.23. The standard InChI is InChI=1S/C23H21ClF2N4O3/c1-13(31)23-16-7-8-27-10-19(16)30(28-23)12-21(33)29-11-15(25)9-18(29)20(32)6-5-14-3-2-4-17(24)22(14)26/h2-4,7-8,10,15,18H,5-6,9,11-12H2,1H3/t15-,18+/m1/s1. The lowest BCUT2D eigenvalue weighted by atomic mass is 10.0. The molecule has 3 aromatic rings. The minimum absolute atomic E-state index is 0.0349. The SMILES string of the molecule is CC(=O)c1nn(CC(=O)N2C[C@H](F)C[C@H]2C(=O)CCc2cccc(Cl)c2F)c2cnccc12. The fourth-order valence-corrected chi connectivity index (χ4v) is 4.35. The number of pyridine rings is 1. The lowest BCUT2D eigenvalue weighted by Crippen LogP contribution is -2.42. The van der Waals surface area contributed by atoms with E-state index in [0.717, 1.165) is 0 Å². The van der Waals surface area contributed by atoms with Crippen LogP contribution in [0, 0.1) is 5.82 Å². The van der Waals surface area contributed by atoms with E-state index in [-0.39, 0.29) is 60.2 Å². The Morgan fingerprint density at radius 1 is 1.24 bits per heavy atom. The van der Waals surface area contributed by atoms with Crippen LogP contribution >= 0.6 is 11.6 Å². The molecule has 172 valence electrons. The Morgan fingerprint density at radius 3 is 2.79 bits per heavy atom. The van der Waals surface area contributed by atoms with Crippen LogP contribution in [0.4, 0.5) is 8.78 Å². The zero-order valence-corrected chi connectivity index (χ0v) is 18.6. The lowest BCUT2D eigenvalue weighted by Gasteiger charge is -2.23. The quantitative estimate of drug-likeness (QED) is 0.489. The lowest BCUT2D eigenvalue weighted by molar-refractivity contribution is -0.138. The molecular weight excluding hydrogens is 454 g/mol. The van der Waals surface area contributed by atoms with Gasteiger partial charge in [-0.2, -0.15) is 5.10 Å². The van der Waals surface area contributed by atoms with Gasteiger partial charge in [0, 0.05) is 31.3 Å². The van der Waals surface area contributed by atoms with Gasteiger partial charge in [0.1, 0.15) is 24.2 Å². The van der Waals surface area contributed by atoms with Gasteiger partial charge in [-0.3, -0.25) is 24.0 Å². The van der Waals surface area contributed by atoms with Crippen LogP contribution in [0.2, 0.25) is 5.02 Å². The fourth-order valence-electron chi connectivity index (χ4n) is 4.15. The molecule has 1 fully saturated rings. The highest BCUT2D eigenvalue weighted by Gasteiger charge is 2.39. The van der Waals surface area contributed by atoms with Gasteiger partial charge in [0.15, 0.2) is 11.6 Å². The highest BCUT2D eigenvalue weighted by atomic mass is 35.5. The second-order valence-electron chi connectivity index (χ2n) is 8.03. The van der Waals surface area contributed by atoms with Crippen LogP contribution in [0.1, 0.15) is 35.8 Å². The van der Waals surface area contributed by atoms with E-state index in [0.29, 0.717) is 10.9 Å². The number of fused-ring (bicyclic) bond motifs is 1. The summed E-state index contributed by atoms with van der Waals surface area (Å²) in [6.07, 6.45) is 1.61. The molecule has 0 aliphatic carbocycles. The van der Waals surface area contributed by atoms with E-state index in [9.17, 15) is 23.2 Å². The Labute approximate surface area is 193 Å². The van der Waals surface area contributed by atoms with Crippen molar-refractivity contribution in [3.8, 4) is 0 Å². The summed E-state index contributed by atoms with van der Waals surface area (Å²) in [6.45, 7) is 0.895. The Hall–Kier alpha value is -3.20. The number of aryl methyl sites for hydroxylation is 1. The molecule has 0 N–H and O–H groups in total. The van der Waals surface area contributed by atoms with Crippen molar-refractivity contribution >= 4 is 40.0 Å². The molecule has 2 aromatic heterocycles. The number of likely N-dealkylation sites (tertiary alicyclic amines) is 1. The van der Waals surface area contributed by atoms with Crippen LogP contribution in [0.3, 0.4) is 0 Å². The third-order valence-corrected chi connectivity index (χ3v) is 6.08. The number of carbonyl (C=O) groups is 3. The van der Waals surface area contributed by atoms with E-state index in [2.05, 4.69) is 10.1 Å². The van der Waals surface area contributed by atoms with Gasteiger partial charge in [-0.05, 0) is 24.1 Å². The molecule has 1 saturated heterocycles. The fraction of sp³-hybridized carbons (Fsp3) is 0.348. The number of rotatable bonds is 7. The van der Waals surface area contributed by atoms with Crippen molar-refractivity contribution in [2.75, 3.05) is 6.54 Å². The van der Waals surface area contributed by atoms with Crippen LogP contribution in [0.15, 0.2) is 36.7 Å². The number of Topliss-reactive ketones (excluding diaryl/α,β-unsaturated/α-hetero) is 2. The summed E-state index contributed by atoms with van der Waals surface area (Å²) in [5.41, 5.74) is 0.989. The summed E-state index contributed by atoms with van der Waals surface area (Å²) >= 11 is 5.78. The number of benzene rings is 1. The molecule has 0 bridgehead atoms. The minimum Gasteiger partial charge on any atom is -0.328 e. The number of alkyl halides is 1. The molecule has 3 heterocycles. The van der Waals surface area contributed by atoms with E-state index in [1.807, 2.05) is 0 Å². The molecule has 4 rings (SSSR count). The zero-order valence-electron chi connectivity index (χ0n) is 17.8. The van der Waals surface area contributed by atoms with Crippen LogP contribution in [0.5, 0.6) is 0 Å². The Morgan fingerprint density at radius 2 is 2.03 bits per heavy atom. The van der Waals surface area contributed by atoms with Crippen LogP contribution in [-0.4, -0.2) is 55.9 Å². The van der Waals surface area contributed by atoms with Crippen molar-refractivity contribution < 1.29 is 23.2 Å². The smallest absolute Gasteiger partial charge is 0.245 e. The third kappa shape index (κ3) is 4.64. The molecule has 10 heteroatoms. The number of nitrogens with zero attached hydrogens (tertiary/aromatic N) is 4. The first-order chi connectivity index (χ1) is 15.8. The van der Waals surface area contributed by atoms with Crippen molar-refractivity contribution in [2.24, 2.45) is 0 Å². The summed E-state index contributed by atoms with van der Waals surface area (Å²) in [5, 5.41) is 4.76. The van der Waals surface area contributed by atoms with Crippen molar-refractivity contribution in [2.45, 2.75) is 44.9 Å². The first-order valence-corrected chi connectivity index (χ1v) is 10.8. The minimum atomic E-state index is -1.34. The molecule has 33 heavy (non-hydrogen) atoms. The number of hydrogen-bond donors (Lipinski definition) is 0. The Kier molecular flexibility index (Phi) is 6.51. The molecule has 0 saturated carbocycles. The largest absolute Gasteiger partial charge is 0.328 e. The Balaban J connectivity index is 1.50. The number of aromatic nitrogens is 3. The number of ketones is 2. The molecular formula is C23H21ClF2N4O3. The van der Waals surface area contributed by atoms with Crippen LogP contribution in [0.25, 0.3) is 10.9 Å². The van der Waals surface area contributed by atoms with Crippen molar-refractivity contribution in [1.82, 2.24) is 19.7 Å². The van der Waals surface area contributed by atoms with Crippen molar-refractivity contribution in [3.05, 3.63) is 58.8 Å². The van der Waals surface area contributed by atoms with Gasteiger partial charge in [0.25, 0.3) is 0 Å². The second kappa shape index (κ2) is 9.35. The molecule has 1 aromatic carbocycles. The molecule has 0 radical (unpaired) electrons. The maximum Gasteiger partial charge on any atom is 0.245 e. The van der Waals surface area contributed by atoms with Crippen molar-refractivity contribution in [1.29, 1.82) is 0 Å². The second-order valence-corrected chi connectivity index (χ2v) is 8.44. The first kappa shape index (κ1) is 23.0. The third-order valence-electron chi connectivity index (χ3n) is 5.79. The number of halogens is 3. The van der Waals surface area contributed by atoms with Gasteiger partial charge < -0.3 is 4.90 Å². The normalized spacial score (nSPS) is 18.1. The molecule has 7 nitrogen and oxygen atoms in total. The van der Waals surface area contributed by atoms with Gasteiger partial charge in [-0.25, -0.2) is 8.78 Å². The first-order valence-electron chi connectivity index (χ1n) is 10.5. The number of hydrogen-bond acceptors (Lipinski definition) is 5. The molecule has 1 aliphatic rings. The van der Waals surface area contributed by atoms with Gasteiger partial charge >= 0.3 is 0 Å². The van der Waals surface area contributed by atoms with Crippen LogP contribution in [-0.2, 0) is 22.6 Å². The van der Waals surface area contributed by atoms with Crippen LogP contribution < -0.4 is 0 Å². The highest BCUT2D eigenvalue weighted by Crippen LogP contribution is 2.25. The molecule has 2 atom stereocenters. The monoisotopic (exact) mass is 474 g/mol. The van der Waals surface area contributed by atoms with Gasteiger partial charge in [0.05, 0.1) is 29.3 Å². The van der Waals surface area contributed by atoms with Gasteiger partial charge in [0.2, 0.25) is 5.91 Å². The number of carbonyl (C=O) groups excluding carboxylic acids is 3. The van der Waals surface area contributed by atoms with Gasteiger partial charge in [-0.15, -0.1) is 0 Å². The maximum absolute atomic E-state index is 14.2. The predicted molar refractivity (Wildman–Crippen MR) is 117 cm³/mol. The predicted octanol–water partition coefficient (Wildman–Crippen LogP) is 3.57. The average Bonchev–Trinajstić information content (AvgIpc) is 3.36. The summed E-state index contributed by atoms with van der Waals surface area (Å²) in [7, 11) is 0. The topological polar surface area (TPSA) is 85.2 Å². The number of amides is 1. The highest BCUT2D eigenvalue weighted by molar-refractivity contribution is 6.30. The zero-order chi connectivity index (χ0) is 23.7. The molecule has 1 aliphatic heterocycles. The maximum atomic E-state index is 14.2. The van der Waals surface area contributed by atoms with E-state index in [1.54, 1.807) is 12.1 Å². The van der Waals surface area contributed by atoms with Crippen molar-refractivity contribution in [3.63, 3.8) is 0 Å². The summed E-state index contributed by atoms with van der Waals surface area (Å²) in [4.78, 5) is 43.0. The van der Waals surface area contributed by atoms with E-state index in [4.69, 9.17) is 11.6 Å². The molecule has 0 unspecified atom stereocenters. The van der Waals surface area contributed by atoms with E-state index >= 15 is 0 Å². The molecule has 0 spiro atoms. The summed E-state index contributed by atoms with van der Waals surface area (Å²) in [5.74, 6) is -1.69. The Bertz CT molecular complexity index is 1250. The van der Waals surface area contributed by atoms with Gasteiger partial charge in [-0.1, -0.05) is 23.7 Å². The molecule has 1 amide bonds. The average molecular weight is 475 g/mol.